The van der Waals surface area contributed by atoms with Crippen LogP contribution in [0.1, 0.15) is 393 Å². The van der Waals surface area contributed by atoms with Gasteiger partial charge in [0.25, 0.3) is 0 Å². The summed E-state index contributed by atoms with van der Waals surface area (Å²) in [4.78, 5) is 38.5. The predicted molar refractivity (Wildman–Crippen MR) is 353 cm³/mol. The molecule has 0 aromatic rings. The van der Waals surface area contributed by atoms with Crippen molar-refractivity contribution in [2.24, 2.45) is 0 Å². The third-order valence-electron chi connectivity index (χ3n) is 16.3. The molecule has 81 heavy (non-hydrogen) atoms. The van der Waals surface area contributed by atoms with E-state index >= 15 is 0 Å². The van der Waals surface area contributed by atoms with Crippen LogP contribution in [0.4, 0.5) is 0 Å². The van der Waals surface area contributed by atoms with Crippen LogP contribution < -0.4 is 0 Å². The van der Waals surface area contributed by atoms with Crippen molar-refractivity contribution in [3.8, 4) is 0 Å². The topological polar surface area (TPSA) is 78.9 Å². The van der Waals surface area contributed by atoms with E-state index in [1.54, 1.807) is 0 Å². The molecule has 0 N–H and O–H groups in total. The first-order chi connectivity index (χ1) is 40.0. The molecule has 1 unspecified atom stereocenters. The fourth-order valence-electron chi connectivity index (χ4n) is 10.9. The molecule has 0 bridgehead atoms. The molecule has 0 heterocycles. The zero-order valence-corrected chi connectivity index (χ0v) is 54.6. The molecule has 0 fully saturated rings. The highest BCUT2D eigenvalue weighted by Crippen LogP contribution is 2.18. The molecule has 6 heteroatoms. The van der Waals surface area contributed by atoms with Gasteiger partial charge in [-0.15, -0.1) is 0 Å². The number of carbonyl (C=O) groups excluding carboxylic acids is 3. The summed E-state index contributed by atoms with van der Waals surface area (Å²) in [7, 11) is 0. The molecule has 0 spiro atoms. The second kappa shape index (κ2) is 69.9. The van der Waals surface area contributed by atoms with Gasteiger partial charge in [-0.2, -0.15) is 0 Å². The largest absolute Gasteiger partial charge is 0.462 e. The van der Waals surface area contributed by atoms with Crippen LogP contribution in [0.15, 0.2) is 48.6 Å². The highest BCUT2D eigenvalue weighted by molar-refractivity contribution is 5.71. The van der Waals surface area contributed by atoms with Gasteiger partial charge >= 0.3 is 17.9 Å². The zero-order chi connectivity index (χ0) is 58.5. The summed E-state index contributed by atoms with van der Waals surface area (Å²) in [5.74, 6) is -0.863. The Bertz CT molecular complexity index is 1400. The van der Waals surface area contributed by atoms with Gasteiger partial charge in [-0.3, -0.25) is 14.4 Å². The molecule has 0 aliphatic rings. The lowest BCUT2D eigenvalue weighted by molar-refractivity contribution is -0.167. The van der Waals surface area contributed by atoms with Crippen LogP contribution in [0.2, 0.25) is 0 Å². The maximum Gasteiger partial charge on any atom is 0.306 e. The molecule has 0 saturated carbocycles. The highest BCUT2D eigenvalue weighted by atomic mass is 16.6. The third-order valence-corrected chi connectivity index (χ3v) is 16.3. The summed E-state index contributed by atoms with van der Waals surface area (Å²) in [5.41, 5.74) is 0. The molecule has 0 aliphatic carbocycles. The molecule has 1 atom stereocenters. The van der Waals surface area contributed by atoms with Gasteiger partial charge in [0.2, 0.25) is 0 Å². The fraction of sp³-hybridized carbons (Fsp3) is 0.853. The first-order valence-electron chi connectivity index (χ1n) is 36.1. The number of ether oxygens (including phenoxy) is 3. The van der Waals surface area contributed by atoms with Crippen LogP contribution in [0.3, 0.4) is 0 Å². The second-order valence-electron chi connectivity index (χ2n) is 24.5. The molecule has 0 aromatic carbocycles. The van der Waals surface area contributed by atoms with Crippen molar-refractivity contribution in [3.05, 3.63) is 48.6 Å². The molecular formula is C75H138O6. The minimum Gasteiger partial charge on any atom is -0.462 e. The Kier molecular flexibility index (Phi) is 67.6. The number of rotatable bonds is 67. The van der Waals surface area contributed by atoms with Gasteiger partial charge < -0.3 is 14.2 Å². The van der Waals surface area contributed by atoms with Gasteiger partial charge in [-0.05, 0) is 83.5 Å². The number of carbonyl (C=O) groups is 3. The smallest absolute Gasteiger partial charge is 0.306 e. The van der Waals surface area contributed by atoms with Crippen LogP contribution in [0, 0.1) is 0 Å². The summed E-state index contributed by atoms with van der Waals surface area (Å²) in [6, 6.07) is 0. The van der Waals surface area contributed by atoms with Crippen molar-refractivity contribution in [2.45, 2.75) is 399 Å². The van der Waals surface area contributed by atoms with E-state index in [1.807, 2.05) is 0 Å². The van der Waals surface area contributed by atoms with E-state index in [9.17, 15) is 14.4 Å². The maximum atomic E-state index is 13.0. The molecule has 0 aromatic heterocycles. The van der Waals surface area contributed by atoms with Crippen LogP contribution in [-0.2, 0) is 28.6 Å². The summed E-state index contributed by atoms with van der Waals surface area (Å²) in [6.45, 7) is 6.69. The van der Waals surface area contributed by atoms with Gasteiger partial charge in [0.05, 0.1) is 0 Å². The minimum absolute atomic E-state index is 0.0746. The number of allylic oxidation sites excluding steroid dienone is 8. The van der Waals surface area contributed by atoms with E-state index in [1.165, 1.54) is 270 Å². The summed E-state index contributed by atoms with van der Waals surface area (Å²) < 4.78 is 17.0. The van der Waals surface area contributed by atoms with Crippen LogP contribution in [0.5, 0.6) is 0 Å². The second-order valence-corrected chi connectivity index (χ2v) is 24.5. The SMILES string of the molecule is CCCCCCC/C=C\C/C=C\C/C=C\CCCCCCCCCCC(=O)OC(COC(=O)CCCCCCC/C=C\CCCCCCCCC)COC(=O)CCCCCCCCCCCCCCCCCCCCCCCCCC. The normalized spacial score (nSPS) is 12.3. The minimum atomic E-state index is -0.781. The standard InChI is InChI=1S/C75H138O6/c1-4-7-10-13-16-19-22-25-28-31-33-35-37-39-40-42-44-47-50-53-56-59-62-65-68-74(77)80-71-72(70-79-73(76)67-64-61-58-55-52-49-46-30-27-24-21-18-15-12-9-6-3)81-75(78)69-66-63-60-57-54-51-48-45-43-41-38-36-34-32-29-26-23-20-17-14-11-8-5-2/h23,26,30,32,34,38,41,46,72H,4-22,24-25,27-29,31,33,35-37,39-40,42-45,47-71H2,1-3H3/b26-23-,34-32-,41-38-,46-30-. The first kappa shape index (κ1) is 78.4. The monoisotopic (exact) mass is 1140 g/mol. The van der Waals surface area contributed by atoms with Gasteiger partial charge in [-0.1, -0.05) is 339 Å². The molecule has 6 nitrogen and oxygen atoms in total. The molecule has 0 amide bonds. The Balaban J connectivity index is 4.31. The average molecular weight is 1140 g/mol. The summed E-state index contributed by atoms with van der Waals surface area (Å²) in [5, 5.41) is 0. The van der Waals surface area contributed by atoms with Gasteiger partial charge in [-0.25, -0.2) is 0 Å². The van der Waals surface area contributed by atoms with E-state index in [4.69, 9.17) is 14.2 Å². The lowest BCUT2D eigenvalue weighted by Gasteiger charge is -2.18. The van der Waals surface area contributed by atoms with Crippen molar-refractivity contribution < 1.29 is 28.6 Å². The average Bonchev–Trinajstić information content (AvgIpc) is 3.47. The Morgan fingerprint density at radius 2 is 0.444 bits per heavy atom. The number of hydrogen-bond donors (Lipinski definition) is 0. The maximum absolute atomic E-state index is 13.0. The zero-order valence-electron chi connectivity index (χ0n) is 54.6. The number of esters is 3. The van der Waals surface area contributed by atoms with E-state index < -0.39 is 6.10 Å². The van der Waals surface area contributed by atoms with E-state index in [0.717, 1.165) is 83.5 Å². The van der Waals surface area contributed by atoms with Crippen molar-refractivity contribution in [3.63, 3.8) is 0 Å². The van der Waals surface area contributed by atoms with E-state index in [-0.39, 0.29) is 31.1 Å². The molecular weight excluding hydrogens is 997 g/mol. The summed E-state index contributed by atoms with van der Waals surface area (Å²) in [6.07, 6.45) is 88.5. The van der Waals surface area contributed by atoms with Gasteiger partial charge in [0.1, 0.15) is 13.2 Å². The summed E-state index contributed by atoms with van der Waals surface area (Å²) >= 11 is 0. The molecule has 0 saturated heterocycles. The lowest BCUT2D eigenvalue weighted by atomic mass is 10.0. The van der Waals surface area contributed by atoms with E-state index in [0.29, 0.717) is 19.3 Å². The Morgan fingerprint density at radius 1 is 0.247 bits per heavy atom. The Morgan fingerprint density at radius 3 is 0.704 bits per heavy atom. The Labute approximate surface area is 505 Å². The molecule has 474 valence electrons. The van der Waals surface area contributed by atoms with Crippen molar-refractivity contribution in [2.75, 3.05) is 13.2 Å². The highest BCUT2D eigenvalue weighted by Gasteiger charge is 2.19. The van der Waals surface area contributed by atoms with Gasteiger partial charge in [0.15, 0.2) is 6.10 Å². The number of hydrogen-bond acceptors (Lipinski definition) is 6. The molecule has 0 aliphatic heterocycles. The van der Waals surface area contributed by atoms with Crippen molar-refractivity contribution in [1.29, 1.82) is 0 Å². The third kappa shape index (κ3) is 68.0. The Hall–Kier alpha value is -2.63. The fourth-order valence-corrected chi connectivity index (χ4v) is 10.9. The number of unbranched alkanes of at least 4 members (excludes halogenated alkanes) is 48. The quantitative estimate of drug-likeness (QED) is 0.0261. The van der Waals surface area contributed by atoms with E-state index in [2.05, 4.69) is 69.4 Å². The molecule has 0 radical (unpaired) electrons. The van der Waals surface area contributed by atoms with Crippen molar-refractivity contribution >= 4 is 17.9 Å². The predicted octanol–water partition coefficient (Wildman–Crippen LogP) is 24.9. The van der Waals surface area contributed by atoms with Gasteiger partial charge in [0, 0.05) is 19.3 Å². The lowest BCUT2D eigenvalue weighted by Crippen LogP contribution is -2.30. The molecule has 0 rings (SSSR count). The van der Waals surface area contributed by atoms with Crippen LogP contribution >= 0.6 is 0 Å². The first-order valence-corrected chi connectivity index (χ1v) is 36.1. The van der Waals surface area contributed by atoms with Crippen LogP contribution in [0.25, 0.3) is 0 Å². The van der Waals surface area contributed by atoms with Crippen molar-refractivity contribution in [1.82, 2.24) is 0 Å². The van der Waals surface area contributed by atoms with Crippen LogP contribution in [-0.4, -0.2) is 37.2 Å².